The second kappa shape index (κ2) is 6.51. The van der Waals surface area contributed by atoms with E-state index in [1.807, 2.05) is 6.92 Å². The molecule has 0 unspecified atom stereocenters. The van der Waals surface area contributed by atoms with Crippen LogP contribution in [-0.2, 0) is 14.6 Å². The van der Waals surface area contributed by atoms with E-state index in [9.17, 15) is 13.2 Å². The molecule has 0 fully saturated rings. The van der Waals surface area contributed by atoms with Crippen LogP contribution in [0.1, 0.15) is 23.7 Å². The van der Waals surface area contributed by atoms with Crippen molar-refractivity contribution >= 4 is 15.8 Å². The summed E-state index contributed by atoms with van der Waals surface area (Å²) in [5, 5.41) is 8.80. The number of carboxylic acid groups (broad SMARTS) is 1. The largest absolute Gasteiger partial charge is 0.478 e. The van der Waals surface area contributed by atoms with Crippen LogP contribution in [0.5, 0.6) is 0 Å². The van der Waals surface area contributed by atoms with Crippen LogP contribution < -0.4 is 0 Å². The van der Waals surface area contributed by atoms with Crippen molar-refractivity contribution in [3.8, 4) is 0 Å². The fourth-order valence-corrected chi connectivity index (χ4v) is 2.52. The molecule has 0 aliphatic heterocycles. The molecule has 1 aromatic carbocycles. The lowest BCUT2D eigenvalue weighted by atomic mass is 10.2. The zero-order valence-electron chi connectivity index (χ0n) is 10.1. The van der Waals surface area contributed by atoms with E-state index in [4.69, 9.17) is 9.84 Å². The average Bonchev–Trinajstić information content (AvgIpc) is 2.35. The van der Waals surface area contributed by atoms with Gasteiger partial charge in [0, 0.05) is 6.61 Å². The number of carbonyl (C=O) groups is 1. The Morgan fingerprint density at radius 1 is 1.33 bits per heavy atom. The first-order valence-corrected chi connectivity index (χ1v) is 7.26. The Kier molecular flexibility index (Phi) is 5.30. The Balaban J connectivity index is 2.78. The molecule has 1 rings (SSSR count). The van der Waals surface area contributed by atoms with Crippen LogP contribution in [0.2, 0.25) is 0 Å². The van der Waals surface area contributed by atoms with E-state index in [1.54, 1.807) is 0 Å². The van der Waals surface area contributed by atoms with Gasteiger partial charge in [-0.05, 0) is 24.6 Å². The Bertz CT molecular complexity index is 507. The summed E-state index contributed by atoms with van der Waals surface area (Å²) in [6, 6.07) is 5.33. The maximum absolute atomic E-state index is 11.9. The summed E-state index contributed by atoms with van der Waals surface area (Å²) in [5.41, 5.74) is -0.0365. The topological polar surface area (TPSA) is 80.7 Å². The Morgan fingerprint density at radius 3 is 2.67 bits per heavy atom. The molecule has 0 aliphatic rings. The smallest absolute Gasteiger partial charge is 0.335 e. The van der Waals surface area contributed by atoms with Crippen molar-refractivity contribution in [3.05, 3.63) is 29.8 Å². The van der Waals surface area contributed by atoms with Crippen molar-refractivity contribution < 1.29 is 23.1 Å². The Morgan fingerprint density at radius 2 is 2.06 bits per heavy atom. The van der Waals surface area contributed by atoms with Gasteiger partial charge in [-0.2, -0.15) is 0 Å². The second-order valence-corrected chi connectivity index (χ2v) is 5.87. The zero-order valence-corrected chi connectivity index (χ0v) is 10.9. The van der Waals surface area contributed by atoms with Gasteiger partial charge in [0.15, 0.2) is 9.84 Å². The summed E-state index contributed by atoms with van der Waals surface area (Å²) in [6.45, 7) is 2.57. The molecule has 18 heavy (non-hydrogen) atoms. The molecule has 0 saturated carbocycles. The highest BCUT2D eigenvalue weighted by Gasteiger charge is 2.16. The molecule has 1 aromatic rings. The minimum atomic E-state index is -3.49. The van der Waals surface area contributed by atoms with E-state index < -0.39 is 15.8 Å². The molecule has 0 atom stereocenters. The van der Waals surface area contributed by atoms with Gasteiger partial charge in [0.05, 0.1) is 22.8 Å². The number of carboxylic acids is 1. The summed E-state index contributed by atoms with van der Waals surface area (Å²) in [7, 11) is -3.49. The lowest BCUT2D eigenvalue weighted by Crippen LogP contribution is -2.13. The van der Waals surface area contributed by atoms with Gasteiger partial charge in [0.25, 0.3) is 0 Å². The summed E-state index contributed by atoms with van der Waals surface area (Å²) >= 11 is 0. The zero-order chi connectivity index (χ0) is 13.6. The predicted octanol–water partition coefficient (Wildman–Crippen LogP) is 1.59. The van der Waals surface area contributed by atoms with Crippen LogP contribution in [0.15, 0.2) is 29.2 Å². The van der Waals surface area contributed by atoms with Gasteiger partial charge in [0.1, 0.15) is 0 Å². The van der Waals surface area contributed by atoms with Gasteiger partial charge < -0.3 is 9.84 Å². The highest BCUT2D eigenvalue weighted by molar-refractivity contribution is 7.91. The minimum absolute atomic E-state index is 0.0162. The third kappa shape index (κ3) is 4.12. The van der Waals surface area contributed by atoms with Gasteiger partial charge in [-0.15, -0.1) is 0 Å². The molecule has 0 bridgehead atoms. The van der Waals surface area contributed by atoms with Crippen LogP contribution in [-0.4, -0.2) is 38.5 Å². The SMILES string of the molecule is CCCOCCS(=O)(=O)c1cccc(C(=O)O)c1. The maximum Gasteiger partial charge on any atom is 0.335 e. The van der Waals surface area contributed by atoms with Crippen molar-refractivity contribution in [1.82, 2.24) is 0 Å². The van der Waals surface area contributed by atoms with Gasteiger partial charge in [-0.1, -0.05) is 13.0 Å². The van der Waals surface area contributed by atoms with Gasteiger partial charge in [-0.3, -0.25) is 0 Å². The third-order valence-corrected chi connectivity index (χ3v) is 3.96. The van der Waals surface area contributed by atoms with Crippen molar-refractivity contribution in [2.45, 2.75) is 18.2 Å². The lowest BCUT2D eigenvalue weighted by molar-refractivity contribution is 0.0696. The molecule has 0 aliphatic carbocycles. The van der Waals surface area contributed by atoms with Crippen LogP contribution in [0.4, 0.5) is 0 Å². The molecule has 0 radical (unpaired) electrons. The number of hydrogen-bond acceptors (Lipinski definition) is 4. The minimum Gasteiger partial charge on any atom is -0.478 e. The van der Waals surface area contributed by atoms with Gasteiger partial charge >= 0.3 is 5.97 Å². The molecule has 0 aromatic heterocycles. The first kappa shape index (κ1) is 14.7. The molecular formula is C12H16O5S. The van der Waals surface area contributed by atoms with Gasteiger partial charge in [0.2, 0.25) is 0 Å². The Labute approximate surface area is 106 Å². The van der Waals surface area contributed by atoms with Crippen molar-refractivity contribution in [2.24, 2.45) is 0 Å². The predicted molar refractivity (Wildman–Crippen MR) is 66.6 cm³/mol. The first-order chi connectivity index (χ1) is 8.47. The van der Waals surface area contributed by atoms with Crippen LogP contribution in [0.3, 0.4) is 0 Å². The molecule has 0 amide bonds. The van der Waals surface area contributed by atoms with E-state index in [-0.39, 0.29) is 22.8 Å². The standard InChI is InChI=1S/C12H16O5S/c1-2-6-17-7-8-18(15,16)11-5-3-4-10(9-11)12(13)14/h3-5,9H,2,6-8H2,1H3,(H,13,14). The van der Waals surface area contributed by atoms with E-state index in [0.29, 0.717) is 6.61 Å². The molecular weight excluding hydrogens is 256 g/mol. The number of aromatic carboxylic acids is 1. The van der Waals surface area contributed by atoms with Crippen molar-refractivity contribution in [3.63, 3.8) is 0 Å². The highest BCUT2D eigenvalue weighted by atomic mass is 32.2. The quantitative estimate of drug-likeness (QED) is 0.762. The maximum atomic E-state index is 11.9. The number of benzene rings is 1. The Hall–Kier alpha value is -1.40. The van der Waals surface area contributed by atoms with Crippen LogP contribution >= 0.6 is 0 Å². The van der Waals surface area contributed by atoms with E-state index in [2.05, 4.69) is 0 Å². The molecule has 0 saturated heterocycles. The fraction of sp³-hybridized carbons (Fsp3) is 0.417. The molecule has 6 heteroatoms. The van der Waals surface area contributed by atoms with E-state index >= 15 is 0 Å². The number of ether oxygens (including phenoxy) is 1. The summed E-state index contributed by atoms with van der Waals surface area (Å²) < 4.78 is 28.9. The molecule has 0 spiro atoms. The monoisotopic (exact) mass is 272 g/mol. The number of sulfone groups is 1. The van der Waals surface area contributed by atoms with E-state index in [1.165, 1.54) is 18.2 Å². The van der Waals surface area contributed by atoms with E-state index in [0.717, 1.165) is 12.5 Å². The van der Waals surface area contributed by atoms with Crippen LogP contribution in [0, 0.1) is 0 Å². The first-order valence-electron chi connectivity index (χ1n) is 5.61. The fourth-order valence-electron chi connectivity index (χ4n) is 1.36. The average molecular weight is 272 g/mol. The van der Waals surface area contributed by atoms with Crippen molar-refractivity contribution in [1.29, 1.82) is 0 Å². The van der Waals surface area contributed by atoms with Gasteiger partial charge in [-0.25, -0.2) is 13.2 Å². The molecule has 1 N–H and O–H groups in total. The van der Waals surface area contributed by atoms with Crippen molar-refractivity contribution in [2.75, 3.05) is 19.0 Å². The van der Waals surface area contributed by atoms with Crippen LogP contribution in [0.25, 0.3) is 0 Å². The summed E-state index contributed by atoms with van der Waals surface area (Å²) in [5.74, 6) is -1.29. The highest BCUT2D eigenvalue weighted by Crippen LogP contribution is 2.13. The molecule has 0 heterocycles. The molecule has 100 valence electrons. The molecule has 5 nitrogen and oxygen atoms in total. The third-order valence-electron chi connectivity index (χ3n) is 2.28. The summed E-state index contributed by atoms with van der Waals surface area (Å²) in [6.07, 6.45) is 0.828. The number of hydrogen-bond donors (Lipinski definition) is 1. The summed E-state index contributed by atoms with van der Waals surface area (Å²) in [4.78, 5) is 10.8. The lowest BCUT2D eigenvalue weighted by Gasteiger charge is -2.06. The second-order valence-electron chi connectivity index (χ2n) is 3.76. The normalized spacial score (nSPS) is 11.4. The number of rotatable bonds is 7.